The summed E-state index contributed by atoms with van der Waals surface area (Å²) in [5.41, 5.74) is 0.786. The van der Waals surface area contributed by atoms with Crippen molar-refractivity contribution < 1.29 is 19.4 Å². The van der Waals surface area contributed by atoms with Crippen LogP contribution in [-0.4, -0.2) is 46.1 Å². The largest absolute Gasteiger partial charge is 0.504 e. The van der Waals surface area contributed by atoms with E-state index in [4.69, 9.17) is 21.7 Å². The van der Waals surface area contributed by atoms with E-state index in [1.165, 1.54) is 11.8 Å². The second kappa shape index (κ2) is 7.55. The number of thioether (sulfide) groups is 1. The Kier molecular flexibility index (Phi) is 5.43. The molecule has 1 atom stereocenters. The van der Waals surface area contributed by atoms with Gasteiger partial charge in [-0.05, 0) is 43.5 Å². The Balaban J connectivity index is 1.77. The minimum Gasteiger partial charge on any atom is -0.504 e. The van der Waals surface area contributed by atoms with Crippen LogP contribution in [0, 0.1) is 0 Å². The molecular weight excluding hydrogens is 346 g/mol. The quantitative estimate of drug-likeness (QED) is 0.639. The lowest BCUT2D eigenvalue weighted by atomic mass is 10.2. The number of hydrogen-bond acceptors (Lipinski definition) is 6. The van der Waals surface area contributed by atoms with E-state index in [-0.39, 0.29) is 17.8 Å². The van der Waals surface area contributed by atoms with Gasteiger partial charge in [-0.3, -0.25) is 9.69 Å². The summed E-state index contributed by atoms with van der Waals surface area (Å²) in [6.45, 7) is 3.58. The standard InChI is InChI=1S/C17H19NO4S2/c1-2-21-14-8-11(5-6-13(14)19)9-15-16(20)18(17(23)24-15)10-12-4-3-7-22-12/h5-6,8-9,12,19H,2-4,7,10H2,1H3/b15-9-/t12-/m0/s1. The molecule has 1 amide bonds. The molecule has 0 aliphatic carbocycles. The number of carbonyl (C=O) groups excluding carboxylic acids is 1. The fourth-order valence-corrected chi connectivity index (χ4v) is 3.97. The summed E-state index contributed by atoms with van der Waals surface area (Å²) in [6.07, 6.45) is 3.84. The molecule has 24 heavy (non-hydrogen) atoms. The van der Waals surface area contributed by atoms with Gasteiger partial charge in [-0.15, -0.1) is 0 Å². The maximum atomic E-state index is 12.6. The Labute approximate surface area is 150 Å². The number of amides is 1. The van der Waals surface area contributed by atoms with Gasteiger partial charge in [0, 0.05) is 6.61 Å². The lowest BCUT2D eigenvalue weighted by Gasteiger charge is -2.18. The SMILES string of the molecule is CCOc1cc(/C=C2\SC(=S)N(C[C@@H]3CCCO3)C2=O)ccc1O. The third-order valence-electron chi connectivity index (χ3n) is 3.87. The van der Waals surface area contributed by atoms with Crippen LogP contribution in [0.5, 0.6) is 11.5 Å². The summed E-state index contributed by atoms with van der Waals surface area (Å²) in [7, 11) is 0. The van der Waals surface area contributed by atoms with Gasteiger partial charge in [0.05, 0.1) is 24.2 Å². The van der Waals surface area contributed by atoms with Gasteiger partial charge in [-0.25, -0.2) is 0 Å². The van der Waals surface area contributed by atoms with E-state index in [2.05, 4.69) is 0 Å². The van der Waals surface area contributed by atoms with Crippen LogP contribution >= 0.6 is 24.0 Å². The van der Waals surface area contributed by atoms with Crippen LogP contribution in [-0.2, 0) is 9.53 Å². The number of rotatable bonds is 5. The van der Waals surface area contributed by atoms with E-state index >= 15 is 0 Å². The molecule has 0 unspecified atom stereocenters. The van der Waals surface area contributed by atoms with E-state index < -0.39 is 0 Å². The fourth-order valence-electron chi connectivity index (χ4n) is 2.69. The molecule has 1 aromatic carbocycles. The average Bonchev–Trinajstić information content (AvgIpc) is 3.15. The zero-order valence-electron chi connectivity index (χ0n) is 13.4. The monoisotopic (exact) mass is 365 g/mol. The van der Waals surface area contributed by atoms with Crippen LogP contribution < -0.4 is 4.74 Å². The van der Waals surface area contributed by atoms with Gasteiger partial charge in [0.25, 0.3) is 5.91 Å². The second-order valence-electron chi connectivity index (χ2n) is 5.59. The molecule has 2 fully saturated rings. The Hall–Kier alpha value is -1.57. The first-order valence-electron chi connectivity index (χ1n) is 7.91. The summed E-state index contributed by atoms with van der Waals surface area (Å²) in [4.78, 5) is 14.8. The maximum absolute atomic E-state index is 12.6. The molecule has 0 spiro atoms. The lowest BCUT2D eigenvalue weighted by molar-refractivity contribution is -0.123. The molecule has 128 valence electrons. The van der Waals surface area contributed by atoms with E-state index in [0.29, 0.717) is 28.1 Å². The number of phenols is 1. The number of carbonyl (C=O) groups is 1. The van der Waals surface area contributed by atoms with Crippen molar-refractivity contribution in [3.8, 4) is 11.5 Å². The maximum Gasteiger partial charge on any atom is 0.266 e. The van der Waals surface area contributed by atoms with Crippen molar-refractivity contribution in [1.29, 1.82) is 0 Å². The second-order valence-corrected chi connectivity index (χ2v) is 7.26. The van der Waals surface area contributed by atoms with Gasteiger partial charge in [-0.1, -0.05) is 30.0 Å². The number of phenolic OH excluding ortho intramolecular Hbond substituents is 1. The van der Waals surface area contributed by atoms with Gasteiger partial charge in [0.1, 0.15) is 4.32 Å². The fraction of sp³-hybridized carbons (Fsp3) is 0.412. The smallest absolute Gasteiger partial charge is 0.266 e. The van der Waals surface area contributed by atoms with Crippen molar-refractivity contribution in [2.45, 2.75) is 25.9 Å². The summed E-state index contributed by atoms with van der Waals surface area (Å²) in [5, 5.41) is 9.76. The molecule has 2 heterocycles. The van der Waals surface area contributed by atoms with Gasteiger partial charge >= 0.3 is 0 Å². The molecule has 5 nitrogen and oxygen atoms in total. The summed E-state index contributed by atoms with van der Waals surface area (Å²) in [6, 6.07) is 5.01. The molecule has 2 saturated heterocycles. The molecule has 0 bridgehead atoms. The molecule has 3 rings (SSSR count). The number of benzene rings is 1. The number of nitrogens with zero attached hydrogens (tertiary/aromatic N) is 1. The molecule has 1 aromatic rings. The van der Waals surface area contributed by atoms with Crippen LogP contribution in [0.25, 0.3) is 6.08 Å². The van der Waals surface area contributed by atoms with Crippen molar-refractivity contribution in [1.82, 2.24) is 4.90 Å². The van der Waals surface area contributed by atoms with Crippen LogP contribution in [0.3, 0.4) is 0 Å². The molecule has 2 aliphatic rings. The molecular formula is C17H19NO4S2. The molecule has 0 saturated carbocycles. The number of aromatic hydroxyl groups is 1. The highest BCUT2D eigenvalue weighted by molar-refractivity contribution is 8.26. The van der Waals surface area contributed by atoms with Gasteiger partial charge in [0.2, 0.25) is 0 Å². The predicted molar refractivity (Wildman–Crippen MR) is 98.1 cm³/mol. The number of thiocarbonyl (C=S) groups is 1. The Morgan fingerprint density at radius 3 is 3.08 bits per heavy atom. The van der Waals surface area contributed by atoms with E-state index in [0.717, 1.165) is 25.0 Å². The highest BCUT2D eigenvalue weighted by Gasteiger charge is 2.34. The highest BCUT2D eigenvalue weighted by Crippen LogP contribution is 2.35. The normalized spacial score (nSPS) is 22.6. The van der Waals surface area contributed by atoms with Gasteiger partial charge < -0.3 is 14.6 Å². The average molecular weight is 365 g/mol. The third kappa shape index (κ3) is 3.74. The van der Waals surface area contributed by atoms with Crippen molar-refractivity contribution in [3.63, 3.8) is 0 Å². The van der Waals surface area contributed by atoms with Crippen molar-refractivity contribution in [3.05, 3.63) is 28.7 Å². The first kappa shape index (κ1) is 17.3. The Bertz CT molecular complexity index is 683. The van der Waals surface area contributed by atoms with Crippen LogP contribution in [0.1, 0.15) is 25.3 Å². The predicted octanol–water partition coefficient (Wildman–Crippen LogP) is 3.17. The minimum absolute atomic E-state index is 0.0741. The molecule has 0 aromatic heterocycles. The van der Waals surface area contributed by atoms with Crippen LogP contribution in [0.2, 0.25) is 0 Å². The van der Waals surface area contributed by atoms with Crippen molar-refractivity contribution in [2.24, 2.45) is 0 Å². The number of hydrogen-bond donors (Lipinski definition) is 1. The minimum atomic E-state index is -0.0912. The first-order chi connectivity index (χ1) is 11.6. The summed E-state index contributed by atoms with van der Waals surface area (Å²) in [5.74, 6) is 0.396. The molecule has 0 radical (unpaired) electrons. The molecule has 7 heteroatoms. The van der Waals surface area contributed by atoms with Gasteiger partial charge in [-0.2, -0.15) is 0 Å². The zero-order valence-corrected chi connectivity index (χ0v) is 15.0. The summed E-state index contributed by atoms with van der Waals surface area (Å²) < 4.78 is 11.5. The molecule has 2 aliphatic heterocycles. The van der Waals surface area contributed by atoms with Crippen molar-refractivity contribution >= 4 is 40.3 Å². The topological polar surface area (TPSA) is 59.0 Å². The zero-order chi connectivity index (χ0) is 17.1. The van der Waals surface area contributed by atoms with E-state index in [1.54, 1.807) is 29.2 Å². The first-order valence-corrected chi connectivity index (χ1v) is 9.13. The third-order valence-corrected chi connectivity index (χ3v) is 5.24. The van der Waals surface area contributed by atoms with Crippen LogP contribution in [0.15, 0.2) is 23.1 Å². The van der Waals surface area contributed by atoms with Gasteiger partial charge in [0.15, 0.2) is 11.5 Å². The molecule has 1 N–H and O–H groups in total. The Morgan fingerprint density at radius 1 is 1.54 bits per heavy atom. The van der Waals surface area contributed by atoms with Crippen molar-refractivity contribution in [2.75, 3.05) is 19.8 Å². The summed E-state index contributed by atoms with van der Waals surface area (Å²) >= 11 is 6.63. The lowest BCUT2D eigenvalue weighted by Crippen LogP contribution is -2.35. The van der Waals surface area contributed by atoms with E-state index in [1.807, 2.05) is 6.92 Å². The number of ether oxygens (including phenoxy) is 2. The van der Waals surface area contributed by atoms with Crippen LogP contribution in [0.4, 0.5) is 0 Å². The highest BCUT2D eigenvalue weighted by atomic mass is 32.2. The Morgan fingerprint density at radius 2 is 2.38 bits per heavy atom. The van der Waals surface area contributed by atoms with E-state index in [9.17, 15) is 9.90 Å².